The fourth-order valence-corrected chi connectivity index (χ4v) is 2.15. The Morgan fingerprint density at radius 3 is 2.71 bits per heavy atom. The van der Waals surface area contributed by atoms with Gasteiger partial charge in [-0.25, -0.2) is 9.97 Å². The molecule has 5 heteroatoms. The lowest BCUT2D eigenvalue weighted by atomic mass is 9.82. The maximum atomic E-state index is 9.31. The van der Waals surface area contributed by atoms with Crippen molar-refractivity contribution in [1.29, 1.82) is 0 Å². The molecule has 3 rings (SSSR count). The molecule has 2 aromatic heterocycles. The van der Waals surface area contributed by atoms with Gasteiger partial charge in [-0.15, -0.1) is 0 Å². The van der Waals surface area contributed by atoms with Gasteiger partial charge in [0.05, 0.1) is 11.6 Å². The largest absolute Gasteiger partial charge is 0.393 e. The molecule has 0 spiro atoms. The van der Waals surface area contributed by atoms with Crippen molar-refractivity contribution in [2.45, 2.75) is 24.9 Å². The molecule has 0 radical (unpaired) electrons. The Hall–Kier alpha value is -1.62. The van der Waals surface area contributed by atoms with Crippen LogP contribution in [-0.4, -0.2) is 40.3 Å². The highest BCUT2D eigenvalue weighted by molar-refractivity contribution is 5.73. The molecule has 0 unspecified atom stereocenters. The van der Waals surface area contributed by atoms with Gasteiger partial charge in [0.1, 0.15) is 11.6 Å². The smallest absolute Gasteiger partial charge is 0.179 e. The van der Waals surface area contributed by atoms with Gasteiger partial charge >= 0.3 is 0 Å². The number of H-pyrrole nitrogens is 1. The van der Waals surface area contributed by atoms with Gasteiger partial charge in [0.2, 0.25) is 0 Å². The number of aliphatic hydroxyl groups excluding tert-OH is 1. The van der Waals surface area contributed by atoms with E-state index >= 15 is 0 Å². The fraction of sp³-hybridized carbons (Fsp3) is 0.500. The van der Waals surface area contributed by atoms with Gasteiger partial charge in [-0.1, -0.05) is 0 Å². The Labute approximate surface area is 99.5 Å². The van der Waals surface area contributed by atoms with E-state index in [1.807, 2.05) is 31.1 Å². The van der Waals surface area contributed by atoms with Crippen molar-refractivity contribution in [2.75, 3.05) is 19.0 Å². The first-order chi connectivity index (χ1) is 8.13. The summed E-state index contributed by atoms with van der Waals surface area (Å²) in [6.45, 7) is 0. The summed E-state index contributed by atoms with van der Waals surface area (Å²) in [6, 6.07) is 3.98. The van der Waals surface area contributed by atoms with Gasteiger partial charge in [-0.3, -0.25) is 0 Å². The number of aromatic amines is 1. The van der Waals surface area contributed by atoms with Crippen LogP contribution in [0.25, 0.3) is 11.2 Å². The second-order valence-corrected chi connectivity index (χ2v) is 4.88. The third-order valence-corrected chi connectivity index (χ3v) is 3.31. The number of fused-ring (bicyclic) bond motifs is 1. The van der Waals surface area contributed by atoms with Crippen molar-refractivity contribution >= 4 is 17.0 Å². The molecule has 1 saturated carbocycles. The van der Waals surface area contributed by atoms with E-state index < -0.39 is 0 Å². The van der Waals surface area contributed by atoms with Crippen LogP contribution in [0.4, 0.5) is 5.82 Å². The highest BCUT2D eigenvalue weighted by atomic mass is 16.3. The Balaban J connectivity index is 1.95. The number of nitrogens with one attached hydrogen (secondary N) is 1. The van der Waals surface area contributed by atoms with E-state index in [-0.39, 0.29) is 6.10 Å². The van der Waals surface area contributed by atoms with Crippen molar-refractivity contribution in [2.24, 2.45) is 0 Å². The van der Waals surface area contributed by atoms with Crippen molar-refractivity contribution < 1.29 is 5.11 Å². The summed E-state index contributed by atoms with van der Waals surface area (Å²) >= 11 is 0. The number of nitrogens with zero attached hydrogens (tertiary/aromatic N) is 3. The molecule has 90 valence electrons. The van der Waals surface area contributed by atoms with Crippen molar-refractivity contribution in [3.8, 4) is 0 Å². The Morgan fingerprint density at radius 1 is 1.29 bits per heavy atom. The van der Waals surface area contributed by atoms with E-state index in [1.54, 1.807) is 0 Å². The predicted octanol–water partition coefficient (Wildman–Crippen LogP) is 1.26. The lowest BCUT2D eigenvalue weighted by molar-refractivity contribution is 0.0720. The molecule has 1 fully saturated rings. The number of imidazole rings is 1. The minimum atomic E-state index is -0.154. The highest BCUT2D eigenvalue weighted by Gasteiger charge is 2.31. The number of anilines is 1. The third kappa shape index (κ3) is 1.76. The van der Waals surface area contributed by atoms with Gasteiger partial charge in [0.15, 0.2) is 5.65 Å². The summed E-state index contributed by atoms with van der Waals surface area (Å²) in [4.78, 5) is 14.2. The second-order valence-electron chi connectivity index (χ2n) is 4.88. The summed E-state index contributed by atoms with van der Waals surface area (Å²) in [5.41, 5.74) is 1.72. The summed E-state index contributed by atoms with van der Waals surface area (Å²) in [5, 5.41) is 9.31. The van der Waals surface area contributed by atoms with Gasteiger partial charge in [-0.2, -0.15) is 0 Å². The SMILES string of the molecule is CN(C)c1ccc2[nH]c(C3CC(O)C3)nc2n1. The summed E-state index contributed by atoms with van der Waals surface area (Å²) in [6.07, 6.45) is 1.46. The van der Waals surface area contributed by atoms with Crippen molar-refractivity contribution in [3.05, 3.63) is 18.0 Å². The first kappa shape index (κ1) is 10.5. The van der Waals surface area contributed by atoms with E-state index in [0.29, 0.717) is 5.92 Å². The van der Waals surface area contributed by atoms with Gasteiger partial charge < -0.3 is 15.0 Å². The summed E-state index contributed by atoms with van der Waals surface area (Å²) in [5.74, 6) is 2.22. The molecule has 0 aliphatic heterocycles. The molecule has 2 aromatic rings. The van der Waals surface area contributed by atoms with Gasteiger partial charge in [-0.05, 0) is 25.0 Å². The van der Waals surface area contributed by atoms with E-state index in [9.17, 15) is 5.11 Å². The summed E-state index contributed by atoms with van der Waals surface area (Å²) < 4.78 is 0. The molecule has 0 saturated heterocycles. The second kappa shape index (κ2) is 3.70. The van der Waals surface area contributed by atoms with Gasteiger partial charge in [0.25, 0.3) is 0 Å². The van der Waals surface area contributed by atoms with Crippen LogP contribution in [0, 0.1) is 0 Å². The number of pyridine rings is 1. The van der Waals surface area contributed by atoms with E-state index in [2.05, 4.69) is 15.0 Å². The molecule has 0 aromatic carbocycles. The molecular formula is C12H16N4O. The zero-order valence-electron chi connectivity index (χ0n) is 10.0. The maximum Gasteiger partial charge on any atom is 0.179 e. The Kier molecular flexibility index (Phi) is 2.29. The zero-order chi connectivity index (χ0) is 12.0. The third-order valence-electron chi connectivity index (χ3n) is 3.31. The van der Waals surface area contributed by atoms with Crippen LogP contribution in [0.5, 0.6) is 0 Å². The molecule has 2 N–H and O–H groups in total. The van der Waals surface area contributed by atoms with Crippen LogP contribution < -0.4 is 4.90 Å². The van der Waals surface area contributed by atoms with Crippen molar-refractivity contribution in [1.82, 2.24) is 15.0 Å². The molecular weight excluding hydrogens is 216 g/mol. The molecule has 5 nitrogen and oxygen atoms in total. The van der Waals surface area contributed by atoms with Crippen LogP contribution >= 0.6 is 0 Å². The first-order valence-corrected chi connectivity index (χ1v) is 5.85. The van der Waals surface area contributed by atoms with Crippen molar-refractivity contribution in [3.63, 3.8) is 0 Å². The van der Waals surface area contributed by atoms with E-state index in [4.69, 9.17) is 0 Å². The first-order valence-electron chi connectivity index (χ1n) is 5.85. The van der Waals surface area contributed by atoms with E-state index in [1.165, 1.54) is 0 Å². The van der Waals surface area contributed by atoms with Crippen LogP contribution in [0.1, 0.15) is 24.6 Å². The molecule has 0 amide bonds. The number of aromatic nitrogens is 3. The summed E-state index contributed by atoms with van der Waals surface area (Å²) in [7, 11) is 3.92. The number of aliphatic hydroxyl groups is 1. The normalized spacial score (nSPS) is 23.7. The minimum absolute atomic E-state index is 0.154. The fourth-order valence-electron chi connectivity index (χ4n) is 2.15. The zero-order valence-corrected chi connectivity index (χ0v) is 10.0. The van der Waals surface area contributed by atoms with Gasteiger partial charge in [0, 0.05) is 20.0 Å². The maximum absolute atomic E-state index is 9.31. The minimum Gasteiger partial charge on any atom is -0.393 e. The Morgan fingerprint density at radius 2 is 2.06 bits per heavy atom. The number of hydrogen-bond donors (Lipinski definition) is 2. The number of rotatable bonds is 2. The predicted molar refractivity (Wildman–Crippen MR) is 66.2 cm³/mol. The van der Waals surface area contributed by atoms with Crippen LogP contribution in [0.3, 0.4) is 0 Å². The average Bonchev–Trinajstić information content (AvgIpc) is 2.66. The van der Waals surface area contributed by atoms with E-state index in [0.717, 1.165) is 35.6 Å². The highest BCUT2D eigenvalue weighted by Crippen LogP contribution is 2.35. The quantitative estimate of drug-likeness (QED) is 0.818. The topological polar surface area (TPSA) is 65.0 Å². The molecule has 2 heterocycles. The lowest BCUT2D eigenvalue weighted by Gasteiger charge is -2.29. The van der Waals surface area contributed by atoms with Crippen LogP contribution in [-0.2, 0) is 0 Å². The lowest BCUT2D eigenvalue weighted by Crippen LogP contribution is -2.27. The number of hydrogen-bond acceptors (Lipinski definition) is 4. The van der Waals surface area contributed by atoms with Crippen LogP contribution in [0.15, 0.2) is 12.1 Å². The average molecular weight is 232 g/mol. The molecule has 0 bridgehead atoms. The Bertz CT molecular complexity index is 542. The van der Waals surface area contributed by atoms with Crippen LogP contribution in [0.2, 0.25) is 0 Å². The standard InChI is InChI=1S/C12H16N4O/c1-16(2)10-4-3-9-12(14-10)15-11(13-9)7-5-8(17)6-7/h3-4,7-8,17H,5-6H2,1-2H3,(H,13,14,15). The molecule has 1 aliphatic carbocycles. The molecule has 17 heavy (non-hydrogen) atoms. The molecule has 1 aliphatic rings. The monoisotopic (exact) mass is 232 g/mol. The molecule has 0 atom stereocenters.